The highest BCUT2D eigenvalue weighted by Gasteiger charge is 2.03. The molecule has 2 rings (SSSR count). The van der Waals surface area contributed by atoms with Crippen molar-refractivity contribution in [1.82, 2.24) is 0 Å². The second kappa shape index (κ2) is 4.01. The van der Waals surface area contributed by atoms with Crippen LogP contribution in [-0.4, -0.2) is 0 Å². The van der Waals surface area contributed by atoms with Crippen molar-refractivity contribution >= 4 is 27.1 Å². The van der Waals surface area contributed by atoms with Gasteiger partial charge in [0.25, 0.3) is 0 Å². The summed E-state index contributed by atoms with van der Waals surface area (Å²) in [6, 6.07) is 6.18. The Morgan fingerprint density at radius 3 is 3.00 bits per heavy atom. The molecule has 0 aliphatic carbocycles. The molecule has 0 bridgehead atoms. The van der Waals surface area contributed by atoms with Gasteiger partial charge in [0.05, 0.1) is 0 Å². The van der Waals surface area contributed by atoms with Gasteiger partial charge in [0.2, 0.25) is 0 Å². The summed E-state index contributed by atoms with van der Waals surface area (Å²) >= 11 is 1.82. The lowest BCUT2D eigenvalue weighted by molar-refractivity contribution is 0.800. The first-order chi connectivity index (χ1) is 6.81. The van der Waals surface area contributed by atoms with E-state index >= 15 is 0 Å². The Morgan fingerprint density at radius 2 is 2.21 bits per heavy atom. The molecule has 0 saturated carbocycles. The number of hydrogen-bond acceptors (Lipinski definition) is 2. The van der Waals surface area contributed by atoms with Gasteiger partial charge < -0.3 is 5.73 Å². The van der Waals surface area contributed by atoms with Crippen molar-refractivity contribution < 1.29 is 0 Å². The van der Waals surface area contributed by atoms with Crippen LogP contribution in [0.25, 0.3) is 10.1 Å². The van der Waals surface area contributed by atoms with Crippen LogP contribution < -0.4 is 5.73 Å². The van der Waals surface area contributed by atoms with E-state index in [0.717, 1.165) is 5.69 Å². The summed E-state index contributed by atoms with van der Waals surface area (Å²) in [4.78, 5) is 0. The Kier molecular flexibility index (Phi) is 2.73. The van der Waals surface area contributed by atoms with E-state index in [4.69, 9.17) is 5.73 Å². The van der Waals surface area contributed by atoms with Crippen LogP contribution in [0.5, 0.6) is 0 Å². The fraction of sp³-hybridized carbons (Fsp3) is 0.333. The summed E-state index contributed by atoms with van der Waals surface area (Å²) in [5, 5.41) is 3.61. The van der Waals surface area contributed by atoms with Crippen LogP contribution in [0.15, 0.2) is 23.6 Å². The number of hydrogen-bond donors (Lipinski definition) is 1. The summed E-state index contributed by atoms with van der Waals surface area (Å²) in [6.07, 6.45) is 3.69. The first kappa shape index (κ1) is 9.53. The van der Waals surface area contributed by atoms with E-state index in [1.54, 1.807) is 0 Å². The molecule has 74 valence electrons. The van der Waals surface area contributed by atoms with Crippen molar-refractivity contribution in [1.29, 1.82) is 0 Å². The van der Waals surface area contributed by atoms with E-state index in [0.29, 0.717) is 0 Å². The molecule has 0 radical (unpaired) electrons. The van der Waals surface area contributed by atoms with Crippen molar-refractivity contribution in [2.45, 2.75) is 26.2 Å². The van der Waals surface area contributed by atoms with Crippen molar-refractivity contribution in [3.63, 3.8) is 0 Å². The van der Waals surface area contributed by atoms with Gasteiger partial charge in [-0.1, -0.05) is 13.3 Å². The van der Waals surface area contributed by atoms with Gasteiger partial charge in [-0.15, -0.1) is 11.3 Å². The highest BCUT2D eigenvalue weighted by molar-refractivity contribution is 7.17. The minimum absolute atomic E-state index is 0.869. The standard InChI is InChI=1S/C12H15NS/c1-2-3-4-9-8-14-12-6-5-10(13)7-11(9)12/h5-8H,2-4,13H2,1H3. The summed E-state index contributed by atoms with van der Waals surface area (Å²) in [6.45, 7) is 2.23. The zero-order valence-electron chi connectivity index (χ0n) is 8.42. The number of rotatable bonds is 3. The van der Waals surface area contributed by atoms with Gasteiger partial charge in [-0.05, 0) is 47.4 Å². The van der Waals surface area contributed by atoms with Crippen LogP contribution in [0.2, 0.25) is 0 Å². The fourth-order valence-corrected chi connectivity index (χ4v) is 2.64. The van der Waals surface area contributed by atoms with Gasteiger partial charge in [-0.3, -0.25) is 0 Å². The first-order valence-corrected chi connectivity index (χ1v) is 5.95. The predicted molar refractivity (Wildman–Crippen MR) is 64.8 cm³/mol. The quantitative estimate of drug-likeness (QED) is 0.757. The summed E-state index contributed by atoms with van der Waals surface area (Å²) in [5.74, 6) is 0. The average Bonchev–Trinajstić information content (AvgIpc) is 2.57. The smallest absolute Gasteiger partial charge is 0.0347 e. The SMILES string of the molecule is CCCCc1csc2ccc(N)cc12. The Labute approximate surface area is 88.6 Å². The number of anilines is 1. The number of fused-ring (bicyclic) bond motifs is 1. The minimum atomic E-state index is 0.869. The van der Waals surface area contributed by atoms with Gasteiger partial charge in [-0.2, -0.15) is 0 Å². The highest BCUT2D eigenvalue weighted by Crippen LogP contribution is 2.28. The molecule has 1 aromatic heterocycles. The van der Waals surface area contributed by atoms with E-state index in [2.05, 4.69) is 24.4 Å². The third-order valence-corrected chi connectivity index (χ3v) is 3.49. The molecule has 2 heteroatoms. The van der Waals surface area contributed by atoms with E-state index < -0.39 is 0 Å². The van der Waals surface area contributed by atoms with E-state index in [9.17, 15) is 0 Å². The van der Waals surface area contributed by atoms with Crippen LogP contribution in [0.1, 0.15) is 25.3 Å². The molecule has 0 aliphatic heterocycles. The molecule has 1 heterocycles. The molecule has 2 aromatic rings. The summed E-state index contributed by atoms with van der Waals surface area (Å²) < 4.78 is 1.35. The van der Waals surface area contributed by atoms with Crippen molar-refractivity contribution in [3.8, 4) is 0 Å². The second-order valence-electron chi connectivity index (χ2n) is 3.62. The van der Waals surface area contributed by atoms with Crippen LogP contribution in [0.4, 0.5) is 5.69 Å². The molecule has 14 heavy (non-hydrogen) atoms. The number of benzene rings is 1. The van der Waals surface area contributed by atoms with Gasteiger partial charge >= 0.3 is 0 Å². The van der Waals surface area contributed by atoms with E-state index in [1.807, 2.05) is 17.4 Å². The van der Waals surface area contributed by atoms with Gasteiger partial charge in [0.1, 0.15) is 0 Å². The average molecular weight is 205 g/mol. The zero-order chi connectivity index (χ0) is 9.97. The minimum Gasteiger partial charge on any atom is -0.399 e. The summed E-state index contributed by atoms with van der Waals surface area (Å²) in [5.41, 5.74) is 8.11. The van der Waals surface area contributed by atoms with Gasteiger partial charge in [-0.25, -0.2) is 0 Å². The lowest BCUT2D eigenvalue weighted by Gasteiger charge is -1.98. The van der Waals surface area contributed by atoms with Crippen molar-refractivity contribution in [3.05, 3.63) is 29.1 Å². The maximum Gasteiger partial charge on any atom is 0.0347 e. The Morgan fingerprint density at radius 1 is 1.36 bits per heavy atom. The maximum absolute atomic E-state index is 5.79. The molecule has 0 amide bonds. The third kappa shape index (κ3) is 1.75. The molecule has 0 fully saturated rings. The molecule has 0 saturated heterocycles. The van der Waals surface area contributed by atoms with Crippen LogP contribution >= 0.6 is 11.3 Å². The molecule has 0 aliphatic rings. The second-order valence-corrected chi connectivity index (χ2v) is 4.53. The van der Waals surface area contributed by atoms with Crippen LogP contribution in [0.3, 0.4) is 0 Å². The number of thiophene rings is 1. The largest absolute Gasteiger partial charge is 0.399 e. The van der Waals surface area contributed by atoms with Crippen molar-refractivity contribution in [2.24, 2.45) is 0 Å². The third-order valence-electron chi connectivity index (χ3n) is 2.48. The molecule has 1 aromatic carbocycles. The fourth-order valence-electron chi connectivity index (χ4n) is 1.66. The molecule has 0 spiro atoms. The zero-order valence-corrected chi connectivity index (χ0v) is 9.23. The molecule has 1 nitrogen and oxygen atoms in total. The molecular formula is C12H15NS. The predicted octanol–water partition coefficient (Wildman–Crippen LogP) is 3.83. The number of unbranched alkanes of at least 4 members (excludes halogenated alkanes) is 1. The normalized spacial score (nSPS) is 10.9. The molecule has 0 atom stereocenters. The van der Waals surface area contributed by atoms with E-state index in [-0.39, 0.29) is 0 Å². The van der Waals surface area contributed by atoms with Gasteiger partial charge in [0.15, 0.2) is 0 Å². The lowest BCUT2D eigenvalue weighted by Crippen LogP contribution is -1.85. The van der Waals surface area contributed by atoms with Gasteiger partial charge in [0, 0.05) is 10.4 Å². The number of nitrogen functional groups attached to an aromatic ring is 1. The monoisotopic (exact) mass is 205 g/mol. The van der Waals surface area contributed by atoms with Crippen LogP contribution in [-0.2, 0) is 6.42 Å². The Balaban J connectivity index is 2.40. The number of nitrogens with two attached hydrogens (primary N) is 1. The van der Waals surface area contributed by atoms with E-state index in [1.165, 1.54) is 34.9 Å². The molecule has 2 N–H and O–H groups in total. The molecular weight excluding hydrogens is 190 g/mol. The van der Waals surface area contributed by atoms with Crippen LogP contribution in [0, 0.1) is 0 Å². The van der Waals surface area contributed by atoms with Crippen molar-refractivity contribution in [2.75, 3.05) is 5.73 Å². The topological polar surface area (TPSA) is 26.0 Å². The Hall–Kier alpha value is -1.02. The summed E-state index contributed by atoms with van der Waals surface area (Å²) in [7, 11) is 0. The lowest BCUT2D eigenvalue weighted by atomic mass is 10.1. The first-order valence-electron chi connectivity index (χ1n) is 5.07. The molecule has 0 unspecified atom stereocenters. The highest BCUT2D eigenvalue weighted by atomic mass is 32.1. The Bertz CT molecular complexity index is 431. The number of aryl methyl sites for hydroxylation is 1. The maximum atomic E-state index is 5.79.